The molecule has 21 heavy (non-hydrogen) atoms. The minimum absolute atomic E-state index is 0.0751. The highest BCUT2D eigenvalue weighted by atomic mass is 16.5. The Labute approximate surface area is 124 Å². The van der Waals surface area contributed by atoms with Gasteiger partial charge in [0.15, 0.2) is 11.5 Å². The van der Waals surface area contributed by atoms with Crippen LogP contribution in [-0.2, 0) is 11.2 Å². The van der Waals surface area contributed by atoms with E-state index in [9.17, 15) is 4.79 Å². The van der Waals surface area contributed by atoms with Gasteiger partial charge in [0.05, 0.1) is 26.9 Å². The molecule has 0 aliphatic carbocycles. The maximum atomic E-state index is 11.5. The molecule has 6 heteroatoms. The van der Waals surface area contributed by atoms with Gasteiger partial charge in [-0.1, -0.05) is 6.07 Å². The maximum absolute atomic E-state index is 11.5. The molecule has 6 nitrogen and oxygen atoms in total. The fraction of sp³-hybridized carbons (Fsp3) is 0.533. The van der Waals surface area contributed by atoms with Gasteiger partial charge in [0.2, 0.25) is 5.91 Å². The third kappa shape index (κ3) is 6.01. The van der Waals surface area contributed by atoms with Gasteiger partial charge in [0, 0.05) is 13.0 Å². The smallest absolute Gasteiger partial charge is 0.220 e. The molecule has 1 amide bonds. The molecule has 118 valence electrons. The molecule has 0 heterocycles. The van der Waals surface area contributed by atoms with Crippen molar-refractivity contribution in [1.82, 2.24) is 5.32 Å². The van der Waals surface area contributed by atoms with E-state index in [1.807, 2.05) is 18.2 Å². The predicted octanol–water partition coefficient (Wildman–Crippen LogP) is 0.496. The van der Waals surface area contributed by atoms with Crippen LogP contribution in [0.1, 0.15) is 18.4 Å². The molecule has 1 aromatic rings. The molecule has 3 N–H and O–H groups in total. The van der Waals surface area contributed by atoms with E-state index in [-0.39, 0.29) is 19.1 Å². The van der Waals surface area contributed by atoms with Crippen LogP contribution in [0, 0.1) is 0 Å². The standard InChI is InChI=1S/C15H23NO5/c1-20-13-7-6-11(8-14(13)21-2)4-3-5-15(19)16-9-12(18)10-17/h6-8,12,17-18H,3-5,9-10H2,1-2H3,(H,16,19)/t12-/m0/s1. The molecule has 1 aromatic carbocycles. The van der Waals surface area contributed by atoms with Gasteiger partial charge in [0.1, 0.15) is 0 Å². The summed E-state index contributed by atoms with van der Waals surface area (Å²) >= 11 is 0. The van der Waals surface area contributed by atoms with Crippen LogP contribution in [0.3, 0.4) is 0 Å². The third-order valence-corrected chi connectivity index (χ3v) is 3.06. The fourth-order valence-electron chi connectivity index (χ4n) is 1.87. The Morgan fingerprint density at radius 3 is 2.62 bits per heavy atom. The Bertz CT molecular complexity index is 450. The lowest BCUT2D eigenvalue weighted by Crippen LogP contribution is -2.33. The van der Waals surface area contributed by atoms with Crippen molar-refractivity contribution in [3.05, 3.63) is 23.8 Å². The molecule has 0 saturated heterocycles. The van der Waals surface area contributed by atoms with Crippen molar-refractivity contribution >= 4 is 5.91 Å². The van der Waals surface area contributed by atoms with Gasteiger partial charge in [-0.3, -0.25) is 4.79 Å². The molecule has 0 aliphatic heterocycles. The van der Waals surface area contributed by atoms with Gasteiger partial charge >= 0.3 is 0 Å². The van der Waals surface area contributed by atoms with Gasteiger partial charge in [0.25, 0.3) is 0 Å². The van der Waals surface area contributed by atoms with Crippen molar-refractivity contribution in [2.75, 3.05) is 27.4 Å². The number of aliphatic hydroxyl groups excluding tert-OH is 2. The lowest BCUT2D eigenvalue weighted by molar-refractivity contribution is -0.121. The summed E-state index contributed by atoms with van der Waals surface area (Å²) in [5, 5.41) is 20.3. The number of aliphatic hydroxyl groups is 2. The monoisotopic (exact) mass is 297 g/mol. The van der Waals surface area contributed by atoms with E-state index in [1.165, 1.54) is 0 Å². The number of ether oxygens (including phenoxy) is 2. The van der Waals surface area contributed by atoms with Crippen LogP contribution < -0.4 is 14.8 Å². The zero-order valence-corrected chi connectivity index (χ0v) is 12.5. The normalized spacial score (nSPS) is 11.8. The molecule has 0 bridgehead atoms. The summed E-state index contributed by atoms with van der Waals surface area (Å²) in [6.07, 6.45) is 0.902. The third-order valence-electron chi connectivity index (χ3n) is 3.06. The average Bonchev–Trinajstić information content (AvgIpc) is 2.52. The summed E-state index contributed by atoms with van der Waals surface area (Å²) in [5.41, 5.74) is 1.07. The lowest BCUT2D eigenvalue weighted by atomic mass is 10.1. The Balaban J connectivity index is 2.37. The fourth-order valence-corrected chi connectivity index (χ4v) is 1.87. The highest BCUT2D eigenvalue weighted by molar-refractivity contribution is 5.75. The van der Waals surface area contributed by atoms with Gasteiger partial charge in [-0.15, -0.1) is 0 Å². The largest absolute Gasteiger partial charge is 0.493 e. The molecular formula is C15H23NO5. The zero-order chi connectivity index (χ0) is 15.7. The van der Waals surface area contributed by atoms with E-state index in [1.54, 1.807) is 14.2 Å². The minimum atomic E-state index is -0.903. The summed E-state index contributed by atoms with van der Waals surface area (Å²) in [6, 6.07) is 5.67. The number of hydrogen-bond donors (Lipinski definition) is 3. The number of carbonyl (C=O) groups is 1. The highest BCUT2D eigenvalue weighted by Gasteiger charge is 2.07. The van der Waals surface area contributed by atoms with E-state index in [0.29, 0.717) is 24.3 Å². The van der Waals surface area contributed by atoms with Crippen molar-refractivity contribution in [3.63, 3.8) is 0 Å². The van der Waals surface area contributed by atoms with Crippen LogP contribution in [0.4, 0.5) is 0 Å². The van der Waals surface area contributed by atoms with Gasteiger partial charge in [-0.2, -0.15) is 0 Å². The number of benzene rings is 1. The van der Waals surface area contributed by atoms with Crippen molar-refractivity contribution in [1.29, 1.82) is 0 Å². The number of amides is 1. The van der Waals surface area contributed by atoms with Crippen LogP contribution in [-0.4, -0.2) is 49.6 Å². The number of aryl methyl sites for hydroxylation is 1. The first-order valence-corrected chi connectivity index (χ1v) is 6.87. The number of rotatable bonds is 9. The molecule has 0 fully saturated rings. The van der Waals surface area contributed by atoms with E-state index in [4.69, 9.17) is 19.7 Å². The molecule has 0 unspecified atom stereocenters. The van der Waals surface area contributed by atoms with Crippen molar-refractivity contribution in [2.24, 2.45) is 0 Å². The Kier molecular flexibility index (Phi) is 7.56. The van der Waals surface area contributed by atoms with Crippen LogP contribution >= 0.6 is 0 Å². The highest BCUT2D eigenvalue weighted by Crippen LogP contribution is 2.28. The molecular weight excluding hydrogens is 274 g/mol. The first kappa shape index (κ1) is 17.3. The number of methoxy groups -OCH3 is 2. The van der Waals surface area contributed by atoms with Gasteiger partial charge in [-0.05, 0) is 30.5 Å². The van der Waals surface area contributed by atoms with E-state index >= 15 is 0 Å². The minimum Gasteiger partial charge on any atom is -0.493 e. The van der Waals surface area contributed by atoms with E-state index in [0.717, 1.165) is 12.0 Å². The molecule has 1 rings (SSSR count). The molecule has 1 atom stereocenters. The lowest BCUT2D eigenvalue weighted by Gasteiger charge is -2.10. The predicted molar refractivity (Wildman–Crippen MR) is 78.6 cm³/mol. The number of carbonyl (C=O) groups excluding carboxylic acids is 1. The Morgan fingerprint density at radius 1 is 1.29 bits per heavy atom. The second kappa shape index (κ2) is 9.20. The zero-order valence-electron chi connectivity index (χ0n) is 12.5. The molecule has 0 spiro atoms. The summed E-state index contributed by atoms with van der Waals surface area (Å²) in [7, 11) is 3.17. The summed E-state index contributed by atoms with van der Waals surface area (Å²) in [5.74, 6) is 1.21. The van der Waals surface area contributed by atoms with E-state index < -0.39 is 6.10 Å². The van der Waals surface area contributed by atoms with Crippen LogP contribution in [0.25, 0.3) is 0 Å². The molecule has 0 radical (unpaired) electrons. The Morgan fingerprint density at radius 2 is 2.00 bits per heavy atom. The van der Waals surface area contributed by atoms with Gasteiger partial charge in [-0.25, -0.2) is 0 Å². The summed E-state index contributed by atoms with van der Waals surface area (Å²) in [4.78, 5) is 11.5. The first-order chi connectivity index (χ1) is 10.1. The Hall–Kier alpha value is -1.79. The number of nitrogens with one attached hydrogen (secondary N) is 1. The second-order valence-electron chi connectivity index (χ2n) is 4.68. The maximum Gasteiger partial charge on any atom is 0.220 e. The van der Waals surface area contributed by atoms with Crippen LogP contribution in [0.2, 0.25) is 0 Å². The van der Waals surface area contributed by atoms with Crippen LogP contribution in [0.5, 0.6) is 11.5 Å². The summed E-state index contributed by atoms with van der Waals surface area (Å²) < 4.78 is 10.4. The molecule has 0 aliphatic rings. The molecule has 0 aromatic heterocycles. The average molecular weight is 297 g/mol. The van der Waals surface area contributed by atoms with Crippen molar-refractivity contribution in [2.45, 2.75) is 25.4 Å². The van der Waals surface area contributed by atoms with Crippen molar-refractivity contribution in [3.8, 4) is 11.5 Å². The first-order valence-electron chi connectivity index (χ1n) is 6.87. The number of hydrogen-bond acceptors (Lipinski definition) is 5. The SMILES string of the molecule is COc1ccc(CCCC(=O)NC[C@H](O)CO)cc1OC. The van der Waals surface area contributed by atoms with Crippen LogP contribution in [0.15, 0.2) is 18.2 Å². The summed E-state index contributed by atoms with van der Waals surface area (Å²) in [6.45, 7) is -0.280. The quantitative estimate of drug-likeness (QED) is 0.617. The topological polar surface area (TPSA) is 88.0 Å². The second-order valence-corrected chi connectivity index (χ2v) is 4.68. The molecule has 0 saturated carbocycles. The van der Waals surface area contributed by atoms with E-state index in [2.05, 4.69) is 5.32 Å². The van der Waals surface area contributed by atoms with Crippen molar-refractivity contribution < 1.29 is 24.5 Å². The van der Waals surface area contributed by atoms with Gasteiger partial charge < -0.3 is 25.0 Å².